The quantitative estimate of drug-likeness (QED) is 0.155. The van der Waals surface area contributed by atoms with Crippen molar-refractivity contribution in [2.75, 3.05) is 4.90 Å². The Morgan fingerprint density at radius 2 is 0.783 bits per heavy atom. The van der Waals surface area contributed by atoms with Gasteiger partial charge in [0.2, 0.25) is 0 Å². The van der Waals surface area contributed by atoms with Crippen LogP contribution in [-0.4, -0.2) is 4.57 Å². The SMILES string of the molecule is c1ccc(-c2ccc(N(c3ccccc3-c3cccc(-c4ccccc4)c3)c3ccccc3-c3ccc4c(c3)C3(c5ccccc5-4)c4ccccc4-n4c5ccccc5c5cccc3c54)cc2)cc1. The highest BCUT2D eigenvalue weighted by atomic mass is 15.1. The third-order valence-corrected chi connectivity index (χ3v) is 14.8. The van der Waals surface area contributed by atoms with Gasteiger partial charge in [-0.05, 0) is 115 Å². The van der Waals surface area contributed by atoms with Crippen molar-refractivity contribution in [2.45, 2.75) is 5.41 Å². The van der Waals surface area contributed by atoms with Gasteiger partial charge in [-0.15, -0.1) is 0 Å². The molecule has 1 spiro atoms. The second kappa shape index (κ2) is 15.6. The molecule has 1 aliphatic heterocycles. The molecule has 0 bridgehead atoms. The fourth-order valence-electron chi connectivity index (χ4n) is 11.9. The number of anilines is 3. The van der Waals surface area contributed by atoms with Crippen molar-refractivity contribution in [1.82, 2.24) is 4.57 Å². The standard InChI is InChI=1S/C67H44N2/c1-3-19-45(20-4-1)47-37-40-51(41-38-47)68(62-33-13-8-25-52(62)49-24-17-23-48(43-49)46-21-5-2-6-22-46)63-34-14-9-26-53(63)50-39-42-55-54-27-7-11-30-58(54)67(61(55)44-50)59-31-12-16-36-65(59)69-64-35-15-10-28-56(64)57-29-18-32-60(67)66(57)69/h1-44H. The third-order valence-electron chi connectivity index (χ3n) is 14.8. The molecule has 0 N–H and O–H groups in total. The summed E-state index contributed by atoms with van der Waals surface area (Å²) in [5, 5.41) is 2.56. The average molecular weight is 877 g/mol. The molecule has 322 valence electrons. The maximum absolute atomic E-state index is 2.52. The second-order valence-corrected chi connectivity index (χ2v) is 18.4. The van der Waals surface area contributed by atoms with E-state index in [9.17, 15) is 0 Å². The van der Waals surface area contributed by atoms with Crippen molar-refractivity contribution in [2.24, 2.45) is 0 Å². The van der Waals surface area contributed by atoms with Crippen LogP contribution in [0.15, 0.2) is 267 Å². The van der Waals surface area contributed by atoms with E-state index in [0.717, 1.165) is 33.8 Å². The predicted molar refractivity (Wildman–Crippen MR) is 288 cm³/mol. The van der Waals surface area contributed by atoms with Gasteiger partial charge in [0.1, 0.15) is 0 Å². The fourth-order valence-corrected chi connectivity index (χ4v) is 11.9. The Morgan fingerprint density at radius 1 is 0.290 bits per heavy atom. The Kier molecular flexibility index (Phi) is 8.84. The van der Waals surface area contributed by atoms with Crippen LogP contribution in [0.25, 0.3) is 83.1 Å². The lowest BCUT2D eigenvalue weighted by Crippen LogP contribution is -2.33. The van der Waals surface area contributed by atoms with Gasteiger partial charge in [0.15, 0.2) is 0 Å². The molecule has 1 aliphatic carbocycles. The monoisotopic (exact) mass is 876 g/mol. The highest BCUT2D eigenvalue weighted by molar-refractivity contribution is 6.13. The first kappa shape index (κ1) is 39.2. The molecule has 1 atom stereocenters. The van der Waals surface area contributed by atoms with E-state index in [0.29, 0.717) is 0 Å². The number of aromatic nitrogens is 1. The van der Waals surface area contributed by atoms with Crippen LogP contribution < -0.4 is 4.90 Å². The van der Waals surface area contributed by atoms with Gasteiger partial charge in [0.25, 0.3) is 0 Å². The zero-order valence-corrected chi connectivity index (χ0v) is 37.8. The third kappa shape index (κ3) is 5.86. The van der Waals surface area contributed by atoms with Crippen LogP contribution >= 0.6 is 0 Å². The molecule has 1 unspecified atom stereocenters. The van der Waals surface area contributed by atoms with E-state index in [2.05, 4.69) is 276 Å². The molecule has 0 amide bonds. The fraction of sp³-hybridized carbons (Fsp3) is 0.0149. The summed E-state index contributed by atoms with van der Waals surface area (Å²) in [4.78, 5) is 2.47. The molecule has 2 heterocycles. The van der Waals surface area contributed by atoms with Crippen LogP contribution in [0, 0.1) is 0 Å². The Bertz CT molecular complexity index is 3960. The minimum atomic E-state index is -0.555. The van der Waals surface area contributed by atoms with Gasteiger partial charge in [-0.25, -0.2) is 0 Å². The van der Waals surface area contributed by atoms with Crippen LogP contribution in [0.3, 0.4) is 0 Å². The van der Waals surface area contributed by atoms with E-state index in [-0.39, 0.29) is 0 Å². The molecule has 0 fully saturated rings. The molecule has 2 nitrogen and oxygen atoms in total. The maximum Gasteiger partial charge on any atom is 0.0754 e. The predicted octanol–water partition coefficient (Wildman–Crippen LogP) is 17.6. The lowest BCUT2D eigenvalue weighted by Gasteiger charge is -2.39. The zero-order chi connectivity index (χ0) is 45.5. The number of hydrogen-bond donors (Lipinski definition) is 0. The summed E-state index contributed by atoms with van der Waals surface area (Å²) in [6.45, 7) is 0. The van der Waals surface area contributed by atoms with E-state index >= 15 is 0 Å². The summed E-state index contributed by atoms with van der Waals surface area (Å²) >= 11 is 0. The van der Waals surface area contributed by atoms with Crippen molar-refractivity contribution >= 4 is 38.9 Å². The lowest BCUT2D eigenvalue weighted by molar-refractivity contribution is 0.749. The summed E-state index contributed by atoms with van der Waals surface area (Å²) in [7, 11) is 0. The van der Waals surface area contributed by atoms with E-state index in [1.54, 1.807) is 0 Å². The number of benzene rings is 11. The molecule has 11 aromatic carbocycles. The summed E-state index contributed by atoms with van der Waals surface area (Å²) < 4.78 is 2.52. The minimum Gasteiger partial charge on any atom is -0.309 e. The van der Waals surface area contributed by atoms with Gasteiger partial charge in [-0.2, -0.15) is 0 Å². The largest absolute Gasteiger partial charge is 0.309 e. The second-order valence-electron chi connectivity index (χ2n) is 18.4. The number of hydrogen-bond acceptors (Lipinski definition) is 1. The smallest absolute Gasteiger partial charge is 0.0754 e. The van der Waals surface area contributed by atoms with Gasteiger partial charge in [0.05, 0.1) is 33.5 Å². The zero-order valence-electron chi connectivity index (χ0n) is 37.8. The summed E-state index contributed by atoms with van der Waals surface area (Å²) in [6.07, 6.45) is 0. The molecule has 0 radical (unpaired) electrons. The number of para-hydroxylation sites is 5. The summed E-state index contributed by atoms with van der Waals surface area (Å²) in [6, 6.07) is 98.6. The van der Waals surface area contributed by atoms with Gasteiger partial charge in [-0.1, -0.05) is 218 Å². The van der Waals surface area contributed by atoms with Crippen LogP contribution in [0.1, 0.15) is 22.3 Å². The van der Waals surface area contributed by atoms with Gasteiger partial charge in [0, 0.05) is 27.6 Å². The van der Waals surface area contributed by atoms with E-state index in [1.807, 2.05) is 0 Å². The minimum absolute atomic E-state index is 0.555. The molecule has 12 aromatic rings. The van der Waals surface area contributed by atoms with Gasteiger partial charge >= 0.3 is 0 Å². The van der Waals surface area contributed by atoms with Crippen molar-refractivity contribution in [3.63, 3.8) is 0 Å². The Labute approximate surface area is 402 Å². The molecule has 1 aromatic heterocycles. The number of fused-ring (bicyclic) bond motifs is 12. The first-order valence-electron chi connectivity index (χ1n) is 23.9. The molecule has 14 rings (SSSR count). The first-order valence-corrected chi connectivity index (χ1v) is 23.9. The average Bonchev–Trinajstić information content (AvgIpc) is 3.92. The number of nitrogens with zero attached hydrogens (tertiary/aromatic N) is 2. The van der Waals surface area contributed by atoms with Crippen molar-refractivity contribution in [3.05, 3.63) is 289 Å². The molecule has 0 saturated heterocycles. The molecule has 2 heteroatoms. The van der Waals surface area contributed by atoms with Gasteiger partial charge < -0.3 is 9.47 Å². The van der Waals surface area contributed by atoms with E-state index in [1.165, 1.54) is 88.7 Å². The normalized spacial score (nSPS) is 14.1. The van der Waals surface area contributed by atoms with Crippen molar-refractivity contribution in [1.29, 1.82) is 0 Å². The highest BCUT2D eigenvalue weighted by Crippen LogP contribution is 2.61. The maximum atomic E-state index is 2.52. The van der Waals surface area contributed by atoms with Crippen LogP contribution in [0.2, 0.25) is 0 Å². The molecular weight excluding hydrogens is 833 g/mol. The van der Waals surface area contributed by atoms with Crippen molar-refractivity contribution in [3.8, 4) is 61.3 Å². The van der Waals surface area contributed by atoms with Crippen LogP contribution in [0.5, 0.6) is 0 Å². The molecule has 69 heavy (non-hydrogen) atoms. The van der Waals surface area contributed by atoms with Crippen LogP contribution in [0.4, 0.5) is 17.1 Å². The Balaban J connectivity index is 1.00. The topological polar surface area (TPSA) is 8.17 Å². The molecule has 2 aliphatic rings. The first-order chi connectivity index (χ1) is 34.3. The molecule has 0 saturated carbocycles. The Hall–Kier alpha value is -8.98. The summed E-state index contributed by atoms with van der Waals surface area (Å²) in [5.41, 5.74) is 23.7. The van der Waals surface area contributed by atoms with E-state index in [4.69, 9.17) is 0 Å². The lowest BCUT2D eigenvalue weighted by atomic mass is 9.65. The number of rotatable bonds is 7. The van der Waals surface area contributed by atoms with E-state index < -0.39 is 5.41 Å². The van der Waals surface area contributed by atoms with Crippen LogP contribution in [-0.2, 0) is 5.41 Å². The summed E-state index contributed by atoms with van der Waals surface area (Å²) in [5.74, 6) is 0. The highest BCUT2D eigenvalue weighted by Gasteiger charge is 2.51. The molecular formula is C67H44N2. The van der Waals surface area contributed by atoms with Gasteiger partial charge in [-0.3, -0.25) is 0 Å². The Morgan fingerprint density at radius 3 is 1.54 bits per heavy atom. The van der Waals surface area contributed by atoms with Crippen molar-refractivity contribution < 1.29 is 0 Å².